The maximum Gasteiger partial charge on any atom is 0.0686 e. The molecule has 1 aromatic rings. The monoisotopic (exact) mass is 219 g/mol. The third-order valence-electron chi connectivity index (χ3n) is 2.32. The average Bonchev–Trinajstić information content (AvgIpc) is 2.31. The molecule has 0 heterocycles. The van der Waals surface area contributed by atoms with Crippen molar-refractivity contribution in [2.45, 2.75) is 30.8 Å². The predicted octanol–water partition coefficient (Wildman–Crippen LogP) is 2.91. The van der Waals surface area contributed by atoms with Gasteiger partial charge in [-0.2, -0.15) is 0 Å². The topological polar surface area (TPSA) is 12.0 Å². The maximum atomic E-state index is 5.38. The highest BCUT2D eigenvalue weighted by molar-refractivity contribution is 7.98. The number of nitrogens with one attached hydrogen (secondary N) is 1. The molecule has 1 aromatic carbocycles. The largest absolute Gasteiger partial charge is 0.300 e. The zero-order chi connectivity index (χ0) is 11.1. The minimum absolute atomic E-state index is 0.185. The summed E-state index contributed by atoms with van der Waals surface area (Å²) in [6, 6.07) is 8.74. The Balaban J connectivity index is 2.48. The first-order chi connectivity index (χ1) is 7.30. The lowest BCUT2D eigenvalue weighted by molar-refractivity contribution is 0.592. The third-order valence-corrected chi connectivity index (χ3v) is 3.06. The first-order valence-electron chi connectivity index (χ1n) is 5.12. The summed E-state index contributed by atoms with van der Waals surface area (Å²) in [5.41, 5.74) is 1.28. The van der Waals surface area contributed by atoms with Crippen LogP contribution in [-0.2, 0) is 6.54 Å². The number of rotatable bonds is 5. The van der Waals surface area contributed by atoms with Crippen molar-refractivity contribution in [1.82, 2.24) is 5.32 Å². The molecule has 1 rings (SSSR count). The zero-order valence-electron chi connectivity index (χ0n) is 9.29. The highest BCUT2D eigenvalue weighted by Gasteiger charge is 2.00. The molecule has 0 aromatic heterocycles. The lowest BCUT2D eigenvalue weighted by atomic mass is 10.2. The Hall–Kier alpha value is -0.910. The van der Waals surface area contributed by atoms with Crippen molar-refractivity contribution in [2.75, 3.05) is 6.26 Å². The van der Waals surface area contributed by atoms with Gasteiger partial charge in [0.2, 0.25) is 0 Å². The van der Waals surface area contributed by atoms with Crippen molar-refractivity contribution >= 4 is 11.8 Å². The Morgan fingerprint density at radius 1 is 1.40 bits per heavy atom. The van der Waals surface area contributed by atoms with Crippen LogP contribution in [0.4, 0.5) is 0 Å². The van der Waals surface area contributed by atoms with Crippen LogP contribution in [0.1, 0.15) is 18.9 Å². The third kappa shape index (κ3) is 3.99. The van der Waals surface area contributed by atoms with Gasteiger partial charge in [-0.1, -0.05) is 25.0 Å². The molecule has 15 heavy (non-hydrogen) atoms. The first-order valence-corrected chi connectivity index (χ1v) is 6.35. The molecule has 0 radical (unpaired) electrons. The van der Waals surface area contributed by atoms with Gasteiger partial charge in [-0.3, -0.25) is 5.32 Å². The fraction of sp³-hybridized carbons (Fsp3) is 0.385. The van der Waals surface area contributed by atoms with Crippen LogP contribution in [0.3, 0.4) is 0 Å². The Kier molecular flexibility index (Phi) is 5.31. The highest BCUT2D eigenvalue weighted by atomic mass is 32.2. The minimum atomic E-state index is 0.185. The van der Waals surface area contributed by atoms with Gasteiger partial charge < -0.3 is 0 Å². The van der Waals surface area contributed by atoms with Crippen LogP contribution >= 0.6 is 11.8 Å². The minimum Gasteiger partial charge on any atom is -0.300 e. The van der Waals surface area contributed by atoms with E-state index in [2.05, 4.69) is 48.7 Å². The SMILES string of the molecule is C#CC(CC)NCc1ccc(SC)cc1. The quantitative estimate of drug-likeness (QED) is 0.603. The lowest BCUT2D eigenvalue weighted by Crippen LogP contribution is -2.25. The van der Waals surface area contributed by atoms with E-state index >= 15 is 0 Å². The molecule has 0 aliphatic heterocycles. The molecule has 0 fully saturated rings. The summed E-state index contributed by atoms with van der Waals surface area (Å²) in [5, 5.41) is 3.33. The van der Waals surface area contributed by atoms with Crippen LogP contribution in [0.5, 0.6) is 0 Å². The van der Waals surface area contributed by atoms with E-state index in [0.29, 0.717) is 0 Å². The summed E-state index contributed by atoms with van der Waals surface area (Å²) in [7, 11) is 0. The van der Waals surface area contributed by atoms with Crippen molar-refractivity contribution < 1.29 is 0 Å². The van der Waals surface area contributed by atoms with Gasteiger partial charge in [0, 0.05) is 11.4 Å². The number of hydrogen-bond donors (Lipinski definition) is 1. The van der Waals surface area contributed by atoms with E-state index in [1.807, 2.05) is 0 Å². The fourth-order valence-corrected chi connectivity index (χ4v) is 1.71. The lowest BCUT2D eigenvalue weighted by Gasteiger charge is -2.10. The van der Waals surface area contributed by atoms with Crippen molar-refractivity contribution in [1.29, 1.82) is 0 Å². The van der Waals surface area contributed by atoms with Gasteiger partial charge in [0.05, 0.1) is 6.04 Å². The Morgan fingerprint density at radius 2 is 2.07 bits per heavy atom. The molecule has 0 saturated carbocycles. The molecular weight excluding hydrogens is 202 g/mol. The second-order valence-electron chi connectivity index (χ2n) is 3.36. The van der Waals surface area contributed by atoms with Crippen LogP contribution in [0.2, 0.25) is 0 Å². The molecule has 0 saturated heterocycles. The predicted molar refractivity (Wildman–Crippen MR) is 68.0 cm³/mol. The van der Waals surface area contributed by atoms with Crippen molar-refractivity contribution in [3.05, 3.63) is 29.8 Å². The number of terminal acetylenes is 1. The summed E-state index contributed by atoms with van der Waals surface area (Å²) in [5.74, 6) is 2.73. The van der Waals surface area contributed by atoms with Gasteiger partial charge in [0.1, 0.15) is 0 Å². The molecule has 1 N–H and O–H groups in total. The molecule has 0 amide bonds. The Morgan fingerprint density at radius 3 is 2.53 bits per heavy atom. The zero-order valence-corrected chi connectivity index (χ0v) is 10.1. The highest BCUT2D eigenvalue weighted by Crippen LogP contribution is 2.14. The van der Waals surface area contributed by atoms with E-state index < -0.39 is 0 Å². The van der Waals surface area contributed by atoms with Crippen molar-refractivity contribution in [3.63, 3.8) is 0 Å². The summed E-state index contributed by atoms with van der Waals surface area (Å²) in [6.07, 6.45) is 8.43. The summed E-state index contributed by atoms with van der Waals surface area (Å²) in [6.45, 7) is 2.94. The van der Waals surface area contributed by atoms with Gasteiger partial charge >= 0.3 is 0 Å². The standard InChI is InChI=1S/C13H17NS/c1-4-12(5-2)14-10-11-6-8-13(15-3)9-7-11/h1,6-9,12,14H,5,10H2,2-3H3. The van der Waals surface area contributed by atoms with Crippen LogP contribution in [0, 0.1) is 12.3 Å². The van der Waals surface area contributed by atoms with Crippen LogP contribution in [0.25, 0.3) is 0 Å². The molecule has 1 nitrogen and oxygen atoms in total. The molecule has 1 unspecified atom stereocenters. The summed E-state index contributed by atoms with van der Waals surface area (Å²) >= 11 is 1.76. The average molecular weight is 219 g/mol. The molecule has 0 bridgehead atoms. The number of hydrogen-bond acceptors (Lipinski definition) is 2. The van der Waals surface area contributed by atoms with Gasteiger partial charge in [-0.05, 0) is 30.4 Å². The normalized spacial score (nSPS) is 12.1. The maximum absolute atomic E-state index is 5.38. The molecule has 80 valence electrons. The fourth-order valence-electron chi connectivity index (χ4n) is 1.31. The van der Waals surface area contributed by atoms with E-state index in [1.54, 1.807) is 11.8 Å². The van der Waals surface area contributed by atoms with E-state index in [-0.39, 0.29) is 6.04 Å². The first kappa shape index (κ1) is 12.2. The van der Waals surface area contributed by atoms with Gasteiger partial charge in [-0.25, -0.2) is 0 Å². The molecule has 1 atom stereocenters. The van der Waals surface area contributed by atoms with Crippen LogP contribution in [-0.4, -0.2) is 12.3 Å². The summed E-state index contributed by atoms with van der Waals surface area (Å²) < 4.78 is 0. The number of benzene rings is 1. The van der Waals surface area contributed by atoms with E-state index in [4.69, 9.17) is 6.42 Å². The van der Waals surface area contributed by atoms with Gasteiger partial charge in [0.25, 0.3) is 0 Å². The summed E-state index contributed by atoms with van der Waals surface area (Å²) in [4.78, 5) is 1.29. The van der Waals surface area contributed by atoms with Crippen LogP contribution in [0.15, 0.2) is 29.2 Å². The second kappa shape index (κ2) is 6.55. The second-order valence-corrected chi connectivity index (χ2v) is 4.24. The Labute approximate surface area is 96.7 Å². The smallest absolute Gasteiger partial charge is 0.0686 e. The Bertz CT molecular complexity index is 323. The molecule has 0 spiro atoms. The van der Waals surface area contributed by atoms with Crippen molar-refractivity contribution in [3.8, 4) is 12.3 Å². The van der Waals surface area contributed by atoms with Gasteiger partial charge in [-0.15, -0.1) is 18.2 Å². The van der Waals surface area contributed by atoms with Crippen molar-refractivity contribution in [2.24, 2.45) is 0 Å². The van der Waals surface area contributed by atoms with Gasteiger partial charge in [0.15, 0.2) is 0 Å². The molecule has 0 aliphatic carbocycles. The van der Waals surface area contributed by atoms with E-state index in [0.717, 1.165) is 13.0 Å². The molecule has 2 heteroatoms. The van der Waals surface area contributed by atoms with E-state index in [9.17, 15) is 0 Å². The van der Waals surface area contributed by atoms with Crippen LogP contribution < -0.4 is 5.32 Å². The number of thioether (sulfide) groups is 1. The molecule has 0 aliphatic rings. The van der Waals surface area contributed by atoms with E-state index in [1.165, 1.54) is 10.5 Å². The molecular formula is C13H17NS.